The molecule has 1 aromatic rings. The second-order valence-electron chi connectivity index (χ2n) is 4.87. The van der Waals surface area contributed by atoms with Gasteiger partial charge in [-0.25, -0.2) is 0 Å². The van der Waals surface area contributed by atoms with Gasteiger partial charge < -0.3 is 0 Å². The van der Waals surface area contributed by atoms with Gasteiger partial charge in [0, 0.05) is 11.8 Å². The molecule has 0 aliphatic rings. The number of unbranched alkanes of at least 4 members (excludes halogenated alkanes) is 2. The molecule has 0 N–H and O–H groups in total. The van der Waals surface area contributed by atoms with Crippen LogP contribution >= 0.6 is 0 Å². The summed E-state index contributed by atoms with van der Waals surface area (Å²) in [5.74, 6) is 0.354. The molecule has 0 atom stereocenters. The van der Waals surface area contributed by atoms with Crippen LogP contribution in [0.5, 0.6) is 0 Å². The topological polar surface area (TPSA) is 17.1 Å². The molecule has 1 heteroatoms. The van der Waals surface area contributed by atoms with Crippen LogP contribution in [-0.2, 0) is 10.2 Å². The molecule has 0 radical (unpaired) electrons. The molecule has 0 bridgehead atoms. The fourth-order valence-electron chi connectivity index (χ4n) is 1.86. The summed E-state index contributed by atoms with van der Waals surface area (Å²) < 4.78 is 0. The molecule has 0 amide bonds. The van der Waals surface area contributed by atoms with Gasteiger partial charge in [-0.2, -0.15) is 0 Å². The van der Waals surface area contributed by atoms with Crippen LogP contribution in [0, 0.1) is 0 Å². The SMILES string of the molecule is CCCCCC(=O)C(C)(C)c1ccccc1. The lowest BCUT2D eigenvalue weighted by Gasteiger charge is -2.23. The van der Waals surface area contributed by atoms with Gasteiger partial charge in [0.25, 0.3) is 0 Å². The number of ketones is 1. The number of hydrogen-bond acceptors (Lipinski definition) is 1. The van der Waals surface area contributed by atoms with E-state index >= 15 is 0 Å². The predicted molar refractivity (Wildman–Crippen MR) is 68.6 cm³/mol. The van der Waals surface area contributed by atoms with Crippen molar-refractivity contribution < 1.29 is 4.79 Å². The van der Waals surface area contributed by atoms with Crippen molar-refractivity contribution in [2.24, 2.45) is 0 Å². The number of benzene rings is 1. The van der Waals surface area contributed by atoms with Gasteiger partial charge in [0.15, 0.2) is 0 Å². The predicted octanol–water partition coefficient (Wildman–Crippen LogP) is 4.11. The Labute approximate surface area is 98.9 Å². The second kappa shape index (κ2) is 5.83. The summed E-state index contributed by atoms with van der Waals surface area (Å²) in [5, 5.41) is 0. The molecule has 0 saturated carbocycles. The van der Waals surface area contributed by atoms with E-state index in [4.69, 9.17) is 0 Å². The number of hydrogen-bond donors (Lipinski definition) is 0. The average Bonchev–Trinajstić information content (AvgIpc) is 2.30. The van der Waals surface area contributed by atoms with Crippen molar-refractivity contribution in [3.63, 3.8) is 0 Å². The van der Waals surface area contributed by atoms with Gasteiger partial charge >= 0.3 is 0 Å². The molecule has 0 fully saturated rings. The number of carbonyl (C=O) groups is 1. The molecule has 1 aromatic carbocycles. The van der Waals surface area contributed by atoms with Gasteiger partial charge in [0.1, 0.15) is 5.78 Å². The number of Topliss-reactive ketones (excluding diaryl/α,β-unsaturated/α-hetero) is 1. The Morgan fingerprint density at radius 1 is 1.12 bits per heavy atom. The zero-order chi connectivity index (χ0) is 12.0. The Morgan fingerprint density at radius 2 is 1.75 bits per heavy atom. The van der Waals surface area contributed by atoms with Crippen molar-refractivity contribution in [2.75, 3.05) is 0 Å². The van der Waals surface area contributed by atoms with E-state index in [2.05, 4.69) is 6.92 Å². The fraction of sp³-hybridized carbons (Fsp3) is 0.533. The van der Waals surface area contributed by atoms with Gasteiger partial charge in [-0.05, 0) is 25.8 Å². The van der Waals surface area contributed by atoms with Crippen molar-refractivity contribution in [2.45, 2.75) is 51.9 Å². The smallest absolute Gasteiger partial charge is 0.142 e. The molecule has 1 nitrogen and oxygen atoms in total. The molecular formula is C15H22O. The maximum absolute atomic E-state index is 12.1. The van der Waals surface area contributed by atoms with Crippen molar-refractivity contribution in [3.05, 3.63) is 35.9 Å². The van der Waals surface area contributed by atoms with Crippen LogP contribution in [0.2, 0.25) is 0 Å². The van der Waals surface area contributed by atoms with Gasteiger partial charge in [0.2, 0.25) is 0 Å². The van der Waals surface area contributed by atoms with Gasteiger partial charge in [-0.1, -0.05) is 50.1 Å². The molecule has 0 aromatic heterocycles. The zero-order valence-corrected chi connectivity index (χ0v) is 10.6. The Kier molecular flexibility index (Phi) is 4.72. The van der Waals surface area contributed by atoms with E-state index in [0.29, 0.717) is 12.2 Å². The Balaban J connectivity index is 2.66. The maximum atomic E-state index is 12.1. The highest BCUT2D eigenvalue weighted by molar-refractivity contribution is 5.89. The Hall–Kier alpha value is -1.11. The molecule has 0 heterocycles. The minimum Gasteiger partial charge on any atom is -0.299 e. The minimum atomic E-state index is -0.338. The van der Waals surface area contributed by atoms with E-state index in [9.17, 15) is 4.79 Å². The second-order valence-corrected chi connectivity index (χ2v) is 4.87. The molecule has 0 unspecified atom stereocenters. The molecule has 1 rings (SSSR count). The summed E-state index contributed by atoms with van der Waals surface area (Å²) in [7, 11) is 0. The summed E-state index contributed by atoms with van der Waals surface area (Å²) in [6.07, 6.45) is 4.04. The number of rotatable bonds is 6. The van der Waals surface area contributed by atoms with Gasteiger partial charge in [-0.15, -0.1) is 0 Å². The average molecular weight is 218 g/mol. The van der Waals surface area contributed by atoms with E-state index < -0.39 is 0 Å². The van der Waals surface area contributed by atoms with E-state index in [1.165, 1.54) is 6.42 Å². The first-order valence-electron chi connectivity index (χ1n) is 6.18. The van der Waals surface area contributed by atoms with Crippen LogP contribution in [0.15, 0.2) is 30.3 Å². The quantitative estimate of drug-likeness (QED) is 0.657. The largest absolute Gasteiger partial charge is 0.299 e. The molecule has 16 heavy (non-hydrogen) atoms. The standard InChI is InChI=1S/C15H22O/c1-4-5-7-12-14(16)15(2,3)13-10-8-6-9-11-13/h6,8-11H,4-5,7,12H2,1-3H3. The molecule has 0 spiro atoms. The third-order valence-corrected chi connectivity index (χ3v) is 3.20. The third kappa shape index (κ3) is 3.19. The summed E-state index contributed by atoms with van der Waals surface area (Å²) in [6, 6.07) is 10.1. The summed E-state index contributed by atoms with van der Waals surface area (Å²) in [6.45, 7) is 6.21. The highest BCUT2D eigenvalue weighted by Gasteiger charge is 2.28. The fourth-order valence-corrected chi connectivity index (χ4v) is 1.86. The minimum absolute atomic E-state index is 0.338. The first-order valence-corrected chi connectivity index (χ1v) is 6.18. The van der Waals surface area contributed by atoms with Crippen LogP contribution in [0.1, 0.15) is 52.0 Å². The monoisotopic (exact) mass is 218 g/mol. The Bertz CT molecular complexity index is 325. The summed E-state index contributed by atoms with van der Waals surface area (Å²) >= 11 is 0. The maximum Gasteiger partial charge on any atom is 0.142 e. The molecular weight excluding hydrogens is 196 g/mol. The molecule has 0 aliphatic heterocycles. The van der Waals surface area contributed by atoms with Gasteiger partial charge in [0.05, 0.1) is 0 Å². The van der Waals surface area contributed by atoms with E-state index in [-0.39, 0.29) is 5.41 Å². The van der Waals surface area contributed by atoms with E-state index in [1.54, 1.807) is 0 Å². The summed E-state index contributed by atoms with van der Waals surface area (Å²) in [5.41, 5.74) is 0.783. The van der Waals surface area contributed by atoms with Crippen LogP contribution in [0.4, 0.5) is 0 Å². The highest BCUT2D eigenvalue weighted by Crippen LogP contribution is 2.26. The third-order valence-electron chi connectivity index (χ3n) is 3.20. The van der Waals surface area contributed by atoms with Crippen LogP contribution < -0.4 is 0 Å². The highest BCUT2D eigenvalue weighted by atomic mass is 16.1. The lowest BCUT2D eigenvalue weighted by molar-refractivity contribution is -0.123. The van der Waals surface area contributed by atoms with Crippen LogP contribution in [0.3, 0.4) is 0 Å². The lowest BCUT2D eigenvalue weighted by Crippen LogP contribution is -2.28. The lowest BCUT2D eigenvalue weighted by atomic mass is 9.79. The molecule has 88 valence electrons. The zero-order valence-electron chi connectivity index (χ0n) is 10.6. The van der Waals surface area contributed by atoms with Crippen LogP contribution in [-0.4, -0.2) is 5.78 Å². The van der Waals surface area contributed by atoms with Gasteiger partial charge in [-0.3, -0.25) is 4.79 Å². The molecule has 0 aliphatic carbocycles. The Morgan fingerprint density at radius 3 is 2.31 bits per heavy atom. The van der Waals surface area contributed by atoms with Crippen LogP contribution in [0.25, 0.3) is 0 Å². The van der Waals surface area contributed by atoms with Crippen molar-refractivity contribution in [3.8, 4) is 0 Å². The van der Waals surface area contributed by atoms with E-state index in [0.717, 1.165) is 18.4 Å². The molecule has 0 saturated heterocycles. The van der Waals surface area contributed by atoms with Crippen molar-refractivity contribution in [1.82, 2.24) is 0 Å². The normalized spacial score (nSPS) is 11.4. The first kappa shape index (κ1) is 13.0. The van der Waals surface area contributed by atoms with E-state index in [1.807, 2.05) is 44.2 Å². The first-order chi connectivity index (χ1) is 7.59. The van der Waals surface area contributed by atoms with Crippen molar-refractivity contribution in [1.29, 1.82) is 0 Å². The number of carbonyl (C=O) groups excluding carboxylic acids is 1. The summed E-state index contributed by atoms with van der Waals surface area (Å²) in [4.78, 5) is 12.1. The van der Waals surface area contributed by atoms with Crippen molar-refractivity contribution >= 4 is 5.78 Å².